The molecule has 0 aromatic carbocycles. The van der Waals surface area contributed by atoms with E-state index >= 15 is 0 Å². The molecular weight excluding hydrogens is 305 g/mol. The van der Waals surface area contributed by atoms with Crippen molar-refractivity contribution in [2.24, 2.45) is 0 Å². The Morgan fingerprint density at radius 1 is 1.05 bits per heavy atom. The zero-order valence-corrected chi connectivity index (χ0v) is 12.3. The molecule has 0 saturated heterocycles. The first-order valence-corrected chi connectivity index (χ1v) is 8.19. The Bertz CT molecular complexity index is 388. The van der Waals surface area contributed by atoms with Gasteiger partial charge in [-0.1, -0.05) is 24.7 Å². The minimum atomic E-state index is -10.7. The number of nitrogens with zero attached hydrogens (tertiary/aromatic N) is 2. The summed E-state index contributed by atoms with van der Waals surface area (Å²) >= 11 is 0. The SMILES string of the molecule is CCCCCC[n+]1ccc(C)nc1.F[P-](F)(F)(F)(F)F. The van der Waals surface area contributed by atoms with Crippen LogP contribution >= 0.6 is 7.81 Å². The molecule has 1 aromatic rings. The molecule has 0 unspecified atom stereocenters. The van der Waals surface area contributed by atoms with Crippen LogP contribution in [0.3, 0.4) is 0 Å². The zero-order chi connectivity index (χ0) is 15.9. The summed E-state index contributed by atoms with van der Waals surface area (Å²) < 4.78 is 61.3. The monoisotopic (exact) mass is 324 g/mol. The standard InChI is InChI=1S/C11H19N2.F6P/c1-3-4-5-6-8-13-9-7-11(2)12-10-13;1-7(2,3,4,5)6/h7,9-10H,3-6,8H2,1-2H3;/q+1;-1. The van der Waals surface area contributed by atoms with Crippen molar-refractivity contribution in [3.05, 3.63) is 24.3 Å². The maximum atomic E-state index is 9.87. The molecule has 1 rings (SSSR count). The van der Waals surface area contributed by atoms with E-state index in [-0.39, 0.29) is 0 Å². The van der Waals surface area contributed by atoms with Crippen molar-refractivity contribution >= 4 is 7.81 Å². The molecule has 1 aromatic heterocycles. The van der Waals surface area contributed by atoms with Crippen LogP contribution in [-0.4, -0.2) is 4.98 Å². The van der Waals surface area contributed by atoms with Gasteiger partial charge >= 0.3 is 33.0 Å². The summed E-state index contributed by atoms with van der Waals surface area (Å²) in [7, 11) is -10.7. The predicted octanol–water partition coefficient (Wildman–Crippen LogP) is 5.64. The van der Waals surface area contributed by atoms with Crippen molar-refractivity contribution in [1.82, 2.24) is 4.98 Å². The van der Waals surface area contributed by atoms with Crippen LogP contribution in [0.25, 0.3) is 0 Å². The molecule has 0 fully saturated rings. The third-order valence-corrected chi connectivity index (χ3v) is 2.19. The number of unbranched alkanes of at least 4 members (excludes halogenated alkanes) is 3. The van der Waals surface area contributed by atoms with Crippen molar-refractivity contribution in [3.8, 4) is 0 Å². The number of hydrogen-bond donors (Lipinski definition) is 0. The quantitative estimate of drug-likeness (QED) is 0.296. The van der Waals surface area contributed by atoms with Gasteiger partial charge in [0, 0.05) is 13.0 Å². The zero-order valence-electron chi connectivity index (χ0n) is 11.4. The summed E-state index contributed by atoms with van der Waals surface area (Å²) in [5, 5.41) is 0. The summed E-state index contributed by atoms with van der Waals surface area (Å²) in [6.07, 6.45) is 9.27. The van der Waals surface area contributed by atoms with Crippen LogP contribution < -0.4 is 4.57 Å². The molecule has 9 heteroatoms. The number of halogens is 6. The Labute approximate surface area is 114 Å². The van der Waals surface area contributed by atoms with Crippen LogP contribution in [0.4, 0.5) is 25.2 Å². The Kier molecular flexibility index (Phi) is 5.96. The molecule has 0 spiro atoms. The van der Waals surface area contributed by atoms with E-state index in [1.807, 2.05) is 13.3 Å². The van der Waals surface area contributed by atoms with E-state index in [0.717, 1.165) is 12.2 Å². The molecule has 0 amide bonds. The van der Waals surface area contributed by atoms with Gasteiger partial charge in [-0.25, -0.2) is 4.57 Å². The van der Waals surface area contributed by atoms with E-state index in [1.165, 1.54) is 25.7 Å². The molecular formula is C11H19F6N2P. The summed E-state index contributed by atoms with van der Waals surface area (Å²) in [6, 6.07) is 2.06. The second-order valence-electron chi connectivity index (χ2n) is 4.46. The first-order valence-electron chi connectivity index (χ1n) is 6.16. The Hall–Kier alpha value is -0.910. The first kappa shape index (κ1) is 19.1. The molecule has 0 saturated carbocycles. The van der Waals surface area contributed by atoms with Gasteiger partial charge in [0.1, 0.15) is 0 Å². The number of aryl methyl sites for hydroxylation is 2. The van der Waals surface area contributed by atoms with Crippen LogP contribution in [0.2, 0.25) is 0 Å². The number of aromatic nitrogens is 2. The van der Waals surface area contributed by atoms with E-state index in [4.69, 9.17) is 0 Å². The third kappa shape index (κ3) is 19.4. The van der Waals surface area contributed by atoms with Crippen LogP contribution in [0, 0.1) is 6.92 Å². The van der Waals surface area contributed by atoms with Gasteiger partial charge in [-0.05, 0) is 12.8 Å². The fourth-order valence-electron chi connectivity index (χ4n) is 1.30. The summed E-state index contributed by atoms with van der Waals surface area (Å²) in [5.41, 5.74) is 1.09. The first-order chi connectivity index (χ1) is 8.78. The third-order valence-electron chi connectivity index (χ3n) is 2.19. The Morgan fingerprint density at radius 3 is 2.00 bits per heavy atom. The van der Waals surface area contributed by atoms with Gasteiger partial charge in [0.15, 0.2) is 5.69 Å². The normalized spacial score (nSPS) is 14.8. The van der Waals surface area contributed by atoms with Gasteiger partial charge in [0.2, 0.25) is 0 Å². The minimum absolute atomic E-state index is 1.09. The second-order valence-corrected chi connectivity index (χ2v) is 6.38. The molecule has 1 heterocycles. The van der Waals surface area contributed by atoms with Crippen molar-refractivity contribution < 1.29 is 29.7 Å². The van der Waals surface area contributed by atoms with E-state index in [9.17, 15) is 25.2 Å². The Balaban J connectivity index is 0.000000441. The molecule has 0 aliphatic heterocycles. The van der Waals surface area contributed by atoms with Gasteiger partial charge in [-0.3, -0.25) is 0 Å². The van der Waals surface area contributed by atoms with Crippen molar-refractivity contribution in [3.63, 3.8) is 0 Å². The molecule has 0 atom stereocenters. The van der Waals surface area contributed by atoms with Gasteiger partial charge in [0.05, 0.1) is 12.7 Å². The average Bonchev–Trinajstić information content (AvgIpc) is 2.23. The number of hydrogen-bond acceptors (Lipinski definition) is 1. The maximum absolute atomic E-state index is 10.7. The summed E-state index contributed by atoms with van der Waals surface area (Å²) in [6.45, 7) is 5.36. The van der Waals surface area contributed by atoms with Gasteiger partial charge in [0.25, 0.3) is 6.33 Å². The second kappa shape index (κ2) is 6.24. The molecule has 0 aliphatic rings. The molecule has 20 heavy (non-hydrogen) atoms. The number of rotatable bonds is 5. The average molecular weight is 324 g/mol. The fraction of sp³-hybridized carbons (Fsp3) is 0.636. The van der Waals surface area contributed by atoms with Crippen molar-refractivity contribution in [1.29, 1.82) is 0 Å². The van der Waals surface area contributed by atoms with Gasteiger partial charge < -0.3 is 0 Å². The van der Waals surface area contributed by atoms with Crippen LogP contribution in [-0.2, 0) is 6.54 Å². The predicted molar refractivity (Wildman–Crippen MR) is 66.9 cm³/mol. The topological polar surface area (TPSA) is 16.8 Å². The van der Waals surface area contributed by atoms with E-state index in [1.54, 1.807) is 0 Å². The molecule has 120 valence electrons. The van der Waals surface area contributed by atoms with Gasteiger partial charge in [-0.15, -0.1) is 0 Å². The van der Waals surface area contributed by atoms with Crippen LogP contribution in [0.1, 0.15) is 38.3 Å². The van der Waals surface area contributed by atoms with Crippen molar-refractivity contribution in [2.45, 2.75) is 46.1 Å². The summed E-state index contributed by atoms with van der Waals surface area (Å²) in [4.78, 5) is 4.24. The van der Waals surface area contributed by atoms with E-state index in [2.05, 4.69) is 28.7 Å². The van der Waals surface area contributed by atoms with E-state index < -0.39 is 7.81 Å². The van der Waals surface area contributed by atoms with Crippen LogP contribution in [0.5, 0.6) is 0 Å². The molecule has 2 nitrogen and oxygen atoms in total. The molecule has 0 radical (unpaired) electrons. The van der Waals surface area contributed by atoms with Gasteiger partial charge in [-0.2, -0.15) is 0 Å². The molecule has 0 aliphatic carbocycles. The fourth-order valence-corrected chi connectivity index (χ4v) is 1.30. The van der Waals surface area contributed by atoms with E-state index in [0.29, 0.717) is 0 Å². The Morgan fingerprint density at radius 2 is 1.60 bits per heavy atom. The molecule has 0 N–H and O–H groups in total. The molecule has 0 bridgehead atoms. The van der Waals surface area contributed by atoms with Crippen molar-refractivity contribution in [2.75, 3.05) is 0 Å². The summed E-state index contributed by atoms with van der Waals surface area (Å²) in [5.74, 6) is 0. The van der Waals surface area contributed by atoms with Crippen LogP contribution in [0.15, 0.2) is 18.6 Å².